The summed E-state index contributed by atoms with van der Waals surface area (Å²) in [6.45, 7) is 14.4. The Morgan fingerprint density at radius 1 is 0.543 bits per heavy atom. The van der Waals surface area contributed by atoms with Gasteiger partial charge in [0.1, 0.15) is 0 Å². The number of hydrogen-bond acceptors (Lipinski definition) is 6. The van der Waals surface area contributed by atoms with E-state index < -0.39 is 46.4 Å². The van der Waals surface area contributed by atoms with E-state index in [9.17, 15) is 17.8 Å². The molecule has 0 bridgehead atoms. The number of carbonyl (C=O) groups excluding carboxylic acids is 2. The van der Waals surface area contributed by atoms with E-state index in [-0.39, 0.29) is 12.8 Å². The second kappa shape index (κ2) is 20.4. The third-order valence-electron chi connectivity index (χ3n) is 12.5. The van der Waals surface area contributed by atoms with E-state index >= 15 is 4.79 Å². The van der Waals surface area contributed by atoms with Crippen LogP contribution in [-0.4, -0.2) is 79.5 Å². The second-order valence-corrected chi connectivity index (χ2v) is 28.5. The fraction of sp³-hybridized carbons (Fsp3) is 0.944. The number of hydrogen-bond donors (Lipinski definition) is 1. The normalized spacial score (nSPS) is 15.4. The van der Waals surface area contributed by atoms with Crippen molar-refractivity contribution >= 4 is 35.7 Å². The summed E-state index contributed by atoms with van der Waals surface area (Å²) in [7, 11) is -5.04. The van der Waals surface area contributed by atoms with Crippen LogP contribution in [0.3, 0.4) is 0 Å². The first kappa shape index (κ1) is 45.7. The van der Waals surface area contributed by atoms with Crippen LogP contribution in [0, 0.1) is 5.41 Å². The molecule has 46 heavy (non-hydrogen) atoms. The monoisotopic (exact) mass is 714 g/mol. The van der Waals surface area contributed by atoms with E-state index in [1.807, 2.05) is 27.7 Å². The Kier molecular flexibility index (Phi) is 20.3. The number of unbranched alkanes of at least 4 members (excludes halogenated alkanes) is 10. The standard InChI is InChI=1S/C36H76O7P2S/c1-11-21-23-25-27-29-31-36(32-30-28-26-24-22-12-2,35(38)43-45(17-7,18-8,19-9)20-10)33(46(39,40)41)34(37)42-44(13-3,14-4,15-5)16-6/h33H,11-32H2,1-10H3,(H,39,40,41). The molecule has 1 unspecified atom stereocenters. The van der Waals surface area contributed by atoms with Gasteiger partial charge < -0.3 is 0 Å². The summed E-state index contributed by atoms with van der Waals surface area (Å²) in [5.41, 5.74) is -1.72. The number of rotatable bonds is 28. The molecule has 0 aromatic carbocycles. The molecule has 0 aliphatic carbocycles. The van der Waals surface area contributed by atoms with Crippen molar-refractivity contribution in [1.82, 2.24) is 0 Å². The molecule has 0 rings (SSSR count). The molecule has 0 fully saturated rings. The summed E-state index contributed by atoms with van der Waals surface area (Å²) >= 11 is 0. The van der Waals surface area contributed by atoms with Crippen molar-refractivity contribution in [3.63, 3.8) is 0 Å². The molecular weight excluding hydrogens is 638 g/mol. The molecule has 0 saturated heterocycles. The van der Waals surface area contributed by atoms with Crippen molar-refractivity contribution in [2.45, 2.75) is 164 Å². The van der Waals surface area contributed by atoms with E-state index in [0.29, 0.717) is 62.1 Å². The molecular formula is C36H76O7P2S. The quantitative estimate of drug-likeness (QED) is 0.0488. The van der Waals surface area contributed by atoms with Crippen LogP contribution in [0.2, 0.25) is 0 Å². The van der Waals surface area contributed by atoms with E-state index in [2.05, 4.69) is 41.5 Å². The van der Waals surface area contributed by atoms with Gasteiger partial charge in [0.05, 0.1) is 0 Å². The van der Waals surface area contributed by atoms with Crippen LogP contribution >= 0.6 is 13.7 Å². The van der Waals surface area contributed by atoms with Gasteiger partial charge in [0.25, 0.3) is 0 Å². The Hall–Kier alpha value is -0.290. The zero-order valence-corrected chi connectivity index (χ0v) is 34.4. The second-order valence-electron chi connectivity index (χ2n) is 14.1. The third kappa shape index (κ3) is 11.4. The molecule has 0 aromatic heterocycles. The Bertz CT molecular complexity index is 943. The molecule has 0 aliphatic rings. The number of carbonyl (C=O) groups is 2. The van der Waals surface area contributed by atoms with Gasteiger partial charge >= 0.3 is 286 Å². The van der Waals surface area contributed by atoms with E-state index in [1.54, 1.807) is 0 Å². The molecule has 0 saturated carbocycles. The van der Waals surface area contributed by atoms with Gasteiger partial charge in [0.15, 0.2) is 0 Å². The fourth-order valence-corrected chi connectivity index (χ4v) is 16.5. The van der Waals surface area contributed by atoms with Gasteiger partial charge in [0, 0.05) is 0 Å². The Morgan fingerprint density at radius 3 is 1.15 bits per heavy atom. The molecule has 1 N–H and O–H groups in total. The van der Waals surface area contributed by atoms with Crippen molar-refractivity contribution in [2.75, 3.05) is 49.3 Å². The van der Waals surface area contributed by atoms with Gasteiger partial charge in [-0.1, -0.05) is 0 Å². The van der Waals surface area contributed by atoms with Crippen LogP contribution in [0.25, 0.3) is 0 Å². The average molecular weight is 715 g/mol. The minimum atomic E-state index is -5.04. The predicted octanol–water partition coefficient (Wildman–Crippen LogP) is 10.9. The molecule has 278 valence electrons. The van der Waals surface area contributed by atoms with Crippen LogP contribution < -0.4 is 0 Å². The Morgan fingerprint density at radius 2 is 0.848 bits per heavy atom. The van der Waals surface area contributed by atoms with Crippen molar-refractivity contribution in [3.05, 3.63) is 0 Å². The minimum absolute atomic E-state index is 0.173. The van der Waals surface area contributed by atoms with Gasteiger partial charge in [-0.25, -0.2) is 0 Å². The summed E-state index contributed by atoms with van der Waals surface area (Å²) in [6.07, 6.45) is 16.9. The summed E-state index contributed by atoms with van der Waals surface area (Å²) < 4.78 is 51.5. The zero-order valence-electron chi connectivity index (χ0n) is 31.8. The first-order valence-corrected chi connectivity index (χ1v) is 26.4. The average Bonchev–Trinajstić information content (AvgIpc) is 3.05. The van der Waals surface area contributed by atoms with Gasteiger partial charge in [-0.05, 0) is 0 Å². The molecule has 0 heterocycles. The Balaban J connectivity index is 7.43. The molecule has 0 amide bonds. The SMILES string of the molecule is CCCCCCCCC(CCCCCCCC)(C(=O)OP(CC)(CC)(CC)CC)C(C(=O)OP(CC)(CC)(CC)CC)S(=O)(=O)O. The predicted molar refractivity (Wildman–Crippen MR) is 204 cm³/mol. The van der Waals surface area contributed by atoms with Crippen molar-refractivity contribution in [2.24, 2.45) is 5.41 Å². The van der Waals surface area contributed by atoms with Crippen molar-refractivity contribution in [3.8, 4) is 0 Å². The van der Waals surface area contributed by atoms with Crippen LogP contribution in [0.15, 0.2) is 0 Å². The van der Waals surface area contributed by atoms with Gasteiger partial charge in [-0.3, -0.25) is 0 Å². The molecule has 7 nitrogen and oxygen atoms in total. The summed E-state index contributed by atoms with van der Waals surface area (Å²) in [6, 6.07) is 0. The molecule has 0 radical (unpaired) electrons. The molecule has 1 atom stereocenters. The van der Waals surface area contributed by atoms with Gasteiger partial charge in [-0.2, -0.15) is 0 Å². The maximum atomic E-state index is 15.0. The molecule has 0 spiro atoms. The van der Waals surface area contributed by atoms with E-state index in [0.717, 1.165) is 64.2 Å². The van der Waals surface area contributed by atoms with Gasteiger partial charge in [-0.15, -0.1) is 0 Å². The van der Waals surface area contributed by atoms with Crippen LogP contribution in [0.1, 0.15) is 159 Å². The topological polar surface area (TPSA) is 107 Å². The van der Waals surface area contributed by atoms with Crippen LogP contribution in [0.5, 0.6) is 0 Å². The van der Waals surface area contributed by atoms with E-state index in [4.69, 9.17) is 9.05 Å². The van der Waals surface area contributed by atoms with Gasteiger partial charge in [0.2, 0.25) is 0 Å². The maximum absolute atomic E-state index is 15.0. The first-order chi connectivity index (χ1) is 21.6. The third-order valence-corrected chi connectivity index (χ3v) is 27.9. The zero-order chi connectivity index (χ0) is 35.6. The van der Waals surface area contributed by atoms with E-state index in [1.165, 1.54) is 0 Å². The van der Waals surface area contributed by atoms with Crippen LogP contribution in [0.4, 0.5) is 0 Å². The summed E-state index contributed by atoms with van der Waals surface area (Å²) in [5, 5.41) is -2.01. The van der Waals surface area contributed by atoms with Crippen molar-refractivity contribution < 1.29 is 31.6 Å². The molecule has 10 heteroatoms. The van der Waals surface area contributed by atoms with Crippen molar-refractivity contribution in [1.29, 1.82) is 0 Å². The summed E-state index contributed by atoms with van der Waals surface area (Å²) in [4.78, 5) is 29.6. The molecule has 0 aromatic rings. The molecule has 0 aliphatic heterocycles. The Labute approximate surface area is 285 Å². The first-order valence-electron chi connectivity index (χ1n) is 19.1. The fourth-order valence-electron chi connectivity index (χ4n) is 7.60. The van der Waals surface area contributed by atoms with Crippen LogP contribution in [-0.2, 0) is 28.8 Å². The summed E-state index contributed by atoms with van der Waals surface area (Å²) in [5.74, 6) is -1.57.